The molecule has 2 amide bonds. The van der Waals surface area contributed by atoms with Gasteiger partial charge in [0.1, 0.15) is 0 Å². The molecule has 2 fully saturated rings. The monoisotopic (exact) mass is 286 g/mol. The van der Waals surface area contributed by atoms with Crippen LogP contribution in [0.4, 0.5) is 5.69 Å². The summed E-state index contributed by atoms with van der Waals surface area (Å²) in [6.07, 6.45) is 2.48. The maximum Gasteiger partial charge on any atom is 0.236 e. The van der Waals surface area contributed by atoms with Gasteiger partial charge in [0.05, 0.1) is 5.69 Å². The molecule has 21 heavy (non-hydrogen) atoms. The number of fused-ring (bicyclic) bond motifs is 2. The lowest BCUT2D eigenvalue weighted by Gasteiger charge is -2.29. The second-order valence-electron chi connectivity index (χ2n) is 6.42. The summed E-state index contributed by atoms with van der Waals surface area (Å²) in [6.45, 7) is 5.01. The number of amides is 2. The molecule has 1 N–H and O–H groups in total. The Morgan fingerprint density at radius 3 is 2.19 bits per heavy atom. The van der Waals surface area contributed by atoms with Gasteiger partial charge in [0.25, 0.3) is 0 Å². The van der Waals surface area contributed by atoms with Gasteiger partial charge in [0.2, 0.25) is 11.8 Å². The second-order valence-corrected chi connectivity index (χ2v) is 6.42. The van der Waals surface area contributed by atoms with E-state index in [4.69, 9.17) is 0 Å². The van der Waals surface area contributed by atoms with E-state index in [0.29, 0.717) is 6.04 Å². The summed E-state index contributed by atoms with van der Waals surface area (Å²) >= 11 is 0. The maximum absolute atomic E-state index is 12.4. The Balaban J connectivity index is 1.77. The number of carbonyl (C=O) groups excluding carboxylic acids is 2. The van der Waals surface area contributed by atoms with Crippen molar-refractivity contribution >= 4 is 17.5 Å². The molecule has 2 atom stereocenters. The van der Waals surface area contributed by atoms with Crippen molar-refractivity contribution in [1.29, 1.82) is 0 Å². The van der Waals surface area contributed by atoms with Crippen molar-refractivity contribution in [1.82, 2.24) is 5.32 Å². The highest BCUT2D eigenvalue weighted by Gasteiger charge is 2.45. The van der Waals surface area contributed by atoms with Crippen molar-refractivity contribution in [3.63, 3.8) is 0 Å². The number of carbonyl (C=O) groups is 2. The lowest BCUT2D eigenvalue weighted by atomic mass is 9.96. The highest BCUT2D eigenvalue weighted by Crippen LogP contribution is 2.39. The minimum absolute atomic E-state index is 0.0122. The van der Waals surface area contributed by atoms with Crippen molar-refractivity contribution in [2.24, 2.45) is 11.8 Å². The Kier molecular flexibility index (Phi) is 3.81. The van der Waals surface area contributed by atoms with E-state index >= 15 is 0 Å². The summed E-state index contributed by atoms with van der Waals surface area (Å²) in [5, 5.41) is 3.35. The van der Waals surface area contributed by atoms with Gasteiger partial charge < -0.3 is 5.32 Å². The predicted octanol–water partition coefficient (Wildman–Crippen LogP) is 2.47. The summed E-state index contributed by atoms with van der Waals surface area (Å²) in [5.74, 6) is 0.0774. The van der Waals surface area contributed by atoms with Crippen LogP contribution in [0.1, 0.15) is 38.7 Å². The summed E-state index contributed by atoms with van der Waals surface area (Å²) in [7, 11) is 0. The fourth-order valence-electron chi connectivity index (χ4n) is 3.24. The average molecular weight is 286 g/mol. The number of hydrogen-bond donors (Lipinski definition) is 1. The van der Waals surface area contributed by atoms with Crippen LogP contribution < -0.4 is 10.2 Å². The number of piperidine rings is 1. The van der Waals surface area contributed by atoms with Crippen molar-refractivity contribution < 1.29 is 9.59 Å². The molecule has 2 bridgehead atoms. The van der Waals surface area contributed by atoms with Crippen LogP contribution in [0.5, 0.6) is 0 Å². The molecule has 1 aromatic rings. The van der Waals surface area contributed by atoms with E-state index in [9.17, 15) is 9.59 Å². The summed E-state index contributed by atoms with van der Waals surface area (Å²) in [5.41, 5.74) is 1.88. The second kappa shape index (κ2) is 5.60. The lowest BCUT2D eigenvalue weighted by molar-refractivity contribution is -0.132. The third kappa shape index (κ3) is 2.72. The van der Waals surface area contributed by atoms with Gasteiger partial charge in [-0.05, 0) is 37.0 Å². The van der Waals surface area contributed by atoms with Gasteiger partial charge in [-0.3, -0.25) is 14.5 Å². The molecular weight excluding hydrogens is 264 g/mol. The van der Waals surface area contributed by atoms with Gasteiger partial charge in [-0.2, -0.15) is 0 Å². The van der Waals surface area contributed by atoms with Crippen LogP contribution >= 0.6 is 0 Å². The Bertz CT molecular complexity index is 528. The number of benzene rings is 1. The van der Waals surface area contributed by atoms with Crippen LogP contribution in [-0.2, 0) is 16.1 Å². The Morgan fingerprint density at radius 2 is 1.67 bits per heavy atom. The van der Waals surface area contributed by atoms with Crippen molar-refractivity contribution in [2.45, 2.75) is 45.7 Å². The van der Waals surface area contributed by atoms with Gasteiger partial charge in [0, 0.05) is 24.4 Å². The van der Waals surface area contributed by atoms with Crippen molar-refractivity contribution in [2.75, 3.05) is 4.90 Å². The minimum Gasteiger partial charge on any atom is -0.310 e. The zero-order chi connectivity index (χ0) is 15.0. The first kappa shape index (κ1) is 14.3. The zero-order valence-electron chi connectivity index (χ0n) is 12.6. The standard InChI is InChI=1S/C17H22N2O2/c1-11(2)18-10-12-3-7-15(8-4-12)19-16(20)13-5-6-14(9-13)17(19)21/h3-4,7-8,11,13-14,18H,5-6,9-10H2,1-2H3. The van der Waals surface area contributed by atoms with Gasteiger partial charge in [-0.1, -0.05) is 26.0 Å². The predicted molar refractivity (Wildman–Crippen MR) is 81.7 cm³/mol. The van der Waals surface area contributed by atoms with E-state index in [1.165, 1.54) is 4.90 Å². The highest BCUT2D eigenvalue weighted by molar-refractivity contribution is 6.18. The number of anilines is 1. The summed E-state index contributed by atoms with van der Waals surface area (Å²) in [4.78, 5) is 26.2. The maximum atomic E-state index is 12.4. The topological polar surface area (TPSA) is 49.4 Å². The molecule has 0 spiro atoms. The molecule has 1 aromatic carbocycles. The Labute approximate surface area is 125 Å². The van der Waals surface area contributed by atoms with E-state index in [0.717, 1.165) is 37.1 Å². The third-order valence-electron chi connectivity index (χ3n) is 4.48. The molecule has 2 unspecified atom stereocenters. The molecule has 4 heteroatoms. The molecule has 1 heterocycles. The van der Waals surface area contributed by atoms with Crippen molar-refractivity contribution in [3.8, 4) is 0 Å². The highest BCUT2D eigenvalue weighted by atomic mass is 16.2. The van der Waals surface area contributed by atoms with Crippen LogP contribution in [0.3, 0.4) is 0 Å². The first-order chi connectivity index (χ1) is 10.1. The fourth-order valence-corrected chi connectivity index (χ4v) is 3.24. The van der Waals surface area contributed by atoms with Gasteiger partial charge in [-0.25, -0.2) is 0 Å². The van der Waals surface area contributed by atoms with Crippen LogP contribution in [0.15, 0.2) is 24.3 Å². The number of nitrogens with zero attached hydrogens (tertiary/aromatic N) is 1. The molecule has 1 saturated carbocycles. The van der Waals surface area contributed by atoms with Crippen LogP contribution in [0.25, 0.3) is 0 Å². The molecule has 0 radical (unpaired) electrons. The number of rotatable bonds is 4. The molecule has 1 aliphatic heterocycles. The zero-order valence-corrected chi connectivity index (χ0v) is 12.6. The van der Waals surface area contributed by atoms with E-state index in [2.05, 4.69) is 19.2 Å². The summed E-state index contributed by atoms with van der Waals surface area (Å²) in [6, 6.07) is 8.19. The lowest BCUT2D eigenvalue weighted by Crippen LogP contribution is -2.46. The largest absolute Gasteiger partial charge is 0.310 e. The molecule has 1 aliphatic carbocycles. The third-order valence-corrected chi connectivity index (χ3v) is 4.48. The van der Waals surface area contributed by atoms with Crippen molar-refractivity contribution in [3.05, 3.63) is 29.8 Å². The SMILES string of the molecule is CC(C)NCc1ccc(N2C(=O)C3CCC(C3)C2=O)cc1. The van der Waals surface area contributed by atoms with E-state index in [-0.39, 0.29) is 23.7 Å². The molecule has 2 aliphatic rings. The molecular formula is C17H22N2O2. The van der Waals surface area contributed by atoms with Gasteiger partial charge >= 0.3 is 0 Å². The normalized spacial score (nSPS) is 25.0. The quantitative estimate of drug-likeness (QED) is 0.865. The number of hydrogen-bond acceptors (Lipinski definition) is 3. The van der Waals surface area contributed by atoms with Crippen LogP contribution in [0, 0.1) is 11.8 Å². The minimum atomic E-state index is -0.0122. The number of imide groups is 1. The van der Waals surface area contributed by atoms with Crippen LogP contribution in [-0.4, -0.2) is 17.9 Å². The van der Waals surface area contributed by atoms with E-state index < -0.39 is 0 Å². The number of nitrogens with one attached hydrogen (secondary N) is 1. The first-order valence-corrected chi connectivity index (χ1v) is 7.76. The molecule has 3 rings (SSSR count). The van der Waals surface area contributed by atoms with Crippen LogP contribution in [0.2, 0.25) is 0 Å². The smallest absolute Gasteiger partial charge is 0.236 e. The van der Waals surface area contributed by atoms with E-state index in [1.807, 2.05) is 24.3 Å². The molecule has 112 valence electrons. The van der Waals surface area contributed by atoms with Gasteiger partial charge in [0.15, 0.2) is 0 Å². The average Bonchev–Trinajstić information content (AvgIpc) is 2.92. The molecule has 4 nitrogen and oxygen atoms in total. The van der Waals surface area contributed by atoms with E-state index in [1.54, 1.807) is 0 Å². The first-order valence-electron chi connectivity index (χ1n) is 7.76. The van der Waals surface area contributed by atoms with Gasteiger partial charge in [-0.15, -0.1) is 0 Å². The molecule has 0 aromatic heterocycles. The Morgan fingerprint density at radius 1 is 1.10 bits per heavy atom. The summed E-state index contributed by atoms with van der Waals surface area (Å²) < 4.78 is 0. The Hall–Kier alpha value is -1.68. The fraction of sp³-hybridized carbons (Fsp3) is 0.529. The molecule has 1 saturated heterocycles.